The number of rotatable bonds is 5. The molecule has 168 valence electrons. The summed E-state index contributed by atoms with van der Waals surface area (Å²) < 4.78 is 3.15. The number of likely N-dealkylation sites (N-methyl/N-ethyl adjacent to an activating group) is 1. The summed E-state index contributed by atoms with van der Waals surface area (Å²) in [6.45, 7) is 0.452. The van der Waals surface area contributed by atoms with Crippen LogP contribution in [0.25, 0.3) is 17.2 Å². The van der Waals surface area contributed by atoms with Crippen LogP contribution in [-0.4, -0.2) is 63.8 Å². The fraction of sp³-hybridized carbons (Fsp3) is 0.238. The topological polar surface area (TPSA) is 127 Å². The normalized spacial score (nSPS) is 18.2. The number of nitrogens with zero attached hydrogens (tertiary/aromatic N) is 8. The first kappa shape index (κ1) is 21.0. The Labute approximate surface area is 193 Å². The average molecular weight is 466 g/mol. The van der Waals surface area contributed by atoms with Gasteiger partial charge in [0.25, 0.3) is 5.91 Å². The standard InChI is InChI=1S/C21H20ClN9O2/c1-29-10-7-21(33,19(29)32)18-23-9-11-31(18)16-5-3-4-13(26-16)14-6-8-24-20(27-14)28-15-12-25-30(2)17(15)22/h3-6,8-9,11-12,33H,7,10H2,1-2H3,(H,24,27,28)/t21-/m0/s1. The van der Waals surface area contributed by atoms with Gasteiger partial charge in [0.05, 0.1) is 23.3 Å². The molecule has 1 amide bonds. The molecule has 1 saturated heterocycles. The third-order valence-electron chi connectivity index (χ3n) is 5.53. The predicted molar refractivity (Wildman–Crippen MR) is 120 cm³/mol. The van der Waals surface area contributed by atoms with E-state index in [0.717, 1.165) is 0 Å². The zero-order valence-electron chi connectivity index (χ0n) is 17.8. The number of carbonyl (C=O) groups excluding carboxylic acids is 1. The van der Waals surface area contributed by atoms with Crippen molar-refractivity contribution in [1.29, 1.82) is 0 Å². The Balaban J connectivity index is 1.48. The lowest BCUT2D eigenvalue weighted by atomic mass is 10.0. The second kappa shape index (κ2) is 7.94. The number of pyridine rings is 1. The number of halogens is 1. The Morgan fingerprint density at radius 3 is 2.67 bits per heavy atom. The van der Waals surface area contributed by atoms with Gasteiger partial charge in [-0.2, -0.15) is 5.10 Å². The van der Waals surface area contributed by atoms with E-state index >= 15 is 0 Å². The van der Waals surface area contributed by atoms with Gasteiger partial charge in [0, 0.05) is 45.7 Å². The fourth-order valence-corrected chi connectivity index (χ4v) is 3.88. The summed E-state index contributed by atoms with van der Waals surface area (Å²) in [4.78, 5) is 31.8. The molecule has 5 rings (SSSR count). The number of aromatic nitrogens is 7. The van der Waals surface area contributed by atoms with Crippen molar-refractivity contribution in [2.75, 3.05) is 18.9 Å². The molecule has 33 heavy (non-hydrogen) atoms. The summed E-state index contributed by atoms with van der Waals surface area (Å²) in [7, 11) is 3.39. The summed E-state index contributed by atoms with van der Waals surface area (Å²) in [6, 6.07) is 7.14. The van der Waals surface area contributed by atoms with E-state index in [9.17, 15) is 9.90 Å². The molecule has 0 aromatic carbocycles. The summed E-state index contributed by atoms with van der Waals surface area (Å²) in [5.41, 5.74) is 0.0500. The maximum atomic E-state index is 12.6. The predicted octanol–water partition coefficient (Wildman–Crippen LogP) is 1.90. The lowest BCUT2D eigenvalue weighted by molar-refractivity contribution is -0.143. The van der Waals surface area contributed by atoms with Crippen LogP contribution in [0, 0.1) is 0 Å². The van der Waals surface area contributed by atoms with Crippen molar-refractivity contribution >= 4 is 29.1 Å². The van der Waals surface area contributed by atoms with E-state index in [1.54, 1.807) is 49.4 Å². The maximum Gasteiger partial charge on any atom is 0.262 e. The highest BCUT2D eigenvalue weighted by molar-refractivity contribution is 6.32. The van der Waals surface area contributed by atoms with Crippen LogP contribution in [-0.2, 0) is 17.4 Å². The zero-order valence-corrected chi connectivity index (χ0v) is 18.6. The van der Waals surface area contributed by atoms with Gasteiger partial charge in [0.2, 0.25) is 11.5 Å². The molecule has 12 heteroatoms. The van der Waals surface area contributed by atoms with E-state index in [1.165, 1.54) is 15.8 Å². The van der Waals surface area contributed by atoms with Crippen molar-refractivity contribution in [1.82, 2.24) is 39.2 Å². The van der Waals surface area contributed by atoms with Gasteiger partial charge in [-0.15, -0.1) is 0 Å². The van der Waals surface area contributed by atoms with Gasteiger partial charge in [-0.1, -0.05) is 17.7 Å². The van der Waals surface area contributed by atoms with Crippen molar-refractivity contribution in [2.45, 2.75) is 12.0 Å². The minimum absolute atomic E-state index is 0.234. The fourth-order valence-electron chi connectivity index (χ4n) is 3.74. The average Bonchev–Trinajstić information content (AvgIpc) is 3.52. The van der Waals surface area contributed by atoms with E-state index in [4.69, 9.17) is 11.6 Å². The molecule has 1 atom stereocenters. The van der Waals surface area contributed by atoms with E-state index in [1.807, 2.05) is 12.1 Å². The van der Waals surface area contributed by atoms with Gasteiger partial charge >= 0.3 is 0 Å². The molecule has 1 aliphatic heterocycles. The Kier molecular flexibility index (Phi) is 5.06. The smallest absolute Gasteiger partial charge is 0.262 e. The largest absolute Gasteiger partial charge is 0.373 e. The van der Waals surface area contributed by atoms with Crippen LogP contribution in [0.1, 0.15) is 12.2 Å². The molecule has 2 N–H and O–H groups in total. The number of amides is 1. The number of hydrogen-bond acceptors (Lipinski definition) is 8. The highest BCUT2D eigenvalue weighted by Gasteiger charge is 2.48. The van der Waals surface area contributed by atoms with Gasteiger partial charge in [0.1, 0.15) is 11.0 Å². The zero-order chi connectivity index (χ0) is 23.2. The molecular weight excluding hydrogens is 446 g/mol. The molecule has 0 radical (unpaired) electrons. The number of anilines is 2. The SMILES string of the molecule is CN1CC[C@](O)(c2nccn2-c2cccc(-c3ccnc(Nc4cnn(C)c4Cl)n3)n2)C1=O. The Morgan fingerprint density at radius 2 is 1.94 bits per heavy atom. The number of carbonyl (C=O) groups is 1. The molecule has 4 aromatic rings. The Hall–Kier alpha value is -3.83. The van der Waals surface area contributed by atoms with Crippen LogP contribution in [0.3, 0.4) is 0 Å². The molecule has 1 aliphatic rings. The van der Waals surface area contributed by atoms with Crippen molar-refractivity contribution < 1.29 is 9.90 Å². The molecule has 5 heterocycles. The second-order valence-corrected chi connectivity index (χ2v) is 8.06. The summed E-state index contributed by atoms with van der Waals surface area (Å²) in [6.07, 6.45) is 6.67. The van der Waals surface area contributed by atoms with Gasteiger partial charge in [-0.25, -0.2) is 19.9 Å². The van der Waals surface area contributed by atoms with Gasteiger partial charge in [-0.3, -0.25) is 14.0 Å². The maximum absolute atomic E-state index is 12.6. The lowest BCUT2D eigenvalue weighted by Crippen LogP contribution is -2.38. The van der Waals surface area contributed by atoms with Crippen molar-refractivity contribution in [3.05, 3.63) is 60.0 Å². The molecule has 0 spiro atoms. The molecular formula is C21H20ClN9O2. The first-order valence-electron chi connectivity index (χ1n) is 10.1. The highest BCUT2D eigenvalue weighted by Crippen LogP contribution is 2.33. The van der Waals surface area contributed by atoms with Crippen LogP contribution in [0.5, 0.6) is 0 Å². The number of nitrogens with one attached hydrogen (secondary N) is 1. The Bertz CT molecular complexity index is 1350. The number of aryl methyl sites for hydroxylation is 1. The number of aliphatic hydroxyl groups is 1. The first-order chi connectivity index (χ1) is 15.9. The molecule has 0 unspecified atom stereocenters. The van der Waals surface area contributed by atoms with Crippen molar-refractivity contribution in [2.24, 2.45) is 7.05 Å². The van der Waals surface area contributed by atoms with Crippen molar-refractivity contribution in [3.63, 3.8) is 0 Å². The molecule has 0 aliphatic carbocycles. The molecule has 0 saturated carbocycles. The molecule has 1 fully saturated rings. The summed E-state index contributed by atoms with van der Waals surface area (Å²) in [5, 5.41) is 18.6. The Morgan fingerprint density at radius 1 is 1.12 bits per heavy atom. The van der Waals surface area contributed by atoms with E-state index in [2.05, 4.69) is 30.4 Å². The number of likely N-dealkylation sites (tertiary alicyclic amines) is 1. The molecule has 4 aromatic heterocycles. The molecule has 0 bridgehead atoms. The minimum atomic E-state index is -1.69. The highest BCUT2D eigenvalue weighted by atomic mass is 35.5. The summed E-state index contributed by atoms with van der Waals surface area (Å²) in [5.74, 6) is 0.690. The van der Waals surface area contributed by atoms with Crippen LogP contribution < -0.4 is 5.32 Å². The monoisotopic (exact) mass is 465 g/mol. The van der Waals surface area contributed by atoms with Crippen LogP contribution in [0.15, 0.2) is 49.1 Å². The van der Waals surface area contributed by atoms with Gasteiger partial charge < -0.3 is 15.3 Å². The molecule has 11 nitrogen and oxygen atoms in total. The van der Waals surface area contributed by atoms with E-state index < -0.39 is 5.60 Å². The first-order valence-corrected chi connectivity index (χ1v) is 10.5. The minimum Gasteiger partial charge on any atom is -0.373 e. The van der Waals surface area contributed by atoms with Crippen molar-refractivity contribution in [3.8, 4) is 17.2 Å². The lowest BCUT2D eigenvalue weighted by Gasteiger charge is -2.21. The van der Waals surface area contributed by atoms with Crippen LogP contribution >= 0.6 is 11.6 Å². The number of imidazole rings is 1. The quantitative estimate of drug-likeness (QED) is 0.457. The van der Waals surface area contributed by atoms with Crippen LogP contribution in [0.2, 0.25) is 5.15 Å². The van der Waals surface area contributed by atoms with Gasteiger partial charge in [-0.05, 0) is 18.2 Å². The second-order valence-electron chi connectivity index (χ2n) is 7.70. The number of hydrogen-bond donors (Lipinski definition) is 2. The van der Waals surface area contributed by atoms with Gasteiger partial charge in [0.15, 0.2) is 5.82 Å². The van der Waals surface area contributed by atoms with Crippen LogP contribution in [0.4, 0.5) is 11.6 Å². The third kappa shape index (κ3) is 3.60. The third-order valence-corrected chi connectivity index (χ3v) is 5.98. The summed E-state index contributed by atoms with van der Waals surface area (Å²) >= 11 is 6.21. The van der Waals surface area contributed by atoms with E-state index in [0.29, 0.717) is 40.5 Å². The van der Waals surface area contributed by atoms with E-state index in [-0.39, 0.29) is 18.2 Å².